The van der Waals surface area contributed by atoms with E-state index in [0.717, 1.165) is 5.69 Å². The molecule has 9 nitrogen and oxygen atoms in total. The molecular formula is C26H31N5O4S. The third-order valence-electron chi connectivity index (χ3n) is 7.60. The van der Waals surface area contributed by atoms with Crippen LogP contribution in [0.2, 0.25) is 0 Å². The first kappa shape index (κ1) is 24.3. The highest BCUT2D eigenvalue weighted by atomic mass is 32.1. The molecule has 1 aromatic heterocycles. The van der Waals surface area contributed by atoms with Crippen LogP contribution in [0.3, 0.4) is 0 Å². The Kier molecular flexibility index (Phi) is 6.70. The molecule has 36 heavy (non-hydrogen) atoms. The third-order valence-corrected chi connectivity index (χ3v) is 8.45. The van der Waals surface area contributed by atoms with Crippen molar-refractivity contribution in [3.63, 3.8) is 0 Å². The fourth-order valence-corrected chi connectivity index (χ4v) is 6.18. The average molecular weight is 510 g/mol. The topological polar surface area (TPSA) is 84.5 Å². The van der Waals surface area contributed by atoms with E-state index in [1.54, 1.807) is 14.7 Å². The number of carbonyl (C=O) groups is 4. The lowest BCUT2D eigenvalue weighted by Gasteiger charge is -2.43. The lowest BCUT2D eigenvalue weighted by molar-refractivity contribution is -0.143. The highest BCUT2D eigenvalue weighted by Gasteiger charge is 2.54. The number of amides is 4. The number of anilines is 1. The molecule has 3 aliphatic heterocycles. The fraction of sp³-hybridized carbons (Fsp3) is 0.462. The maximum absolute atomic E-state index is 13.9. The molecule has 10 heteroatoms. The average Bonchev–Trinajstić information content (AvgIpc) is 3.53. The number of nitrogens with zero attached hydrogens (tertiary/aromatic N) is 5. The minimum atomic E-state index is -0.777. The van der Waals surface area contributed by atoms with E-state index in [0.29, 0.717) is 63.7 Å². The van der Waals surface area contributed by atoms with Crippen LogP contribution in [0.15, 0.2) is 47.8 Å². The summed E-state index contributed by atoms with van der Waals surface area (Å²) in [5, 5.41) is 1.89. The monoisotopic (exact) mass is 509 g/mol. The summed E-state index contributed by atoms with van der Waals surface area (Å²) < 4.78 is 0. The Morgan fingerprint density at radius 2 is 1.53 bits per heavy atom. The van der Waals surface area contributed by atoms with Gasteiger partial charge in [-0.2, -0.15) is 0 Å². The minimum Gasteiger partial charge on any atom is -0.339 e. The predicted molar refractivity (Wildman–Crippen MR) is 137 cm³/mol. The van der Waals surface area contributed by atoms with Crippen LogP contribution in [0.5, 0.6) is 0 Å². The van der Waals surface area contributed by atoms with Crippen molar-refractivity contribution in [2.24, 2.45) is 0 Å². The number of piperazine rings is 1. The van der Waals surface area contributed by atoms with E-state index < -0.39 is 5.54 Å². The first-order valence-electron chi connectivity index (χ1n) is 12.4. The third kappa shape index (κ3) is 4.45. The van der Waals surface area contributed by atoms with Crippen molar-refractivity contribution in [1.82, 2.24) is 19.6 Å². The Morgan fingerprint density at radius 1 is 0.861 bits per heavy atom. The van der Waals surface area contributed by atoms with E-state index in [1.807, 2.05) is 52.7 Å². The standard InChI is InChI=1S/C26H31N5O4S/c1-20(32)27-13-15-28(16-14-27)23(33)18-30-19-31(21-6-3-2-4-7-21)26(25(30)35)9-11-29(12-10-26)24(34)22-8-5-17-36-22/h2-8,17H,9-16,18-19H2,1H3. The van der Waals surface area contributed by atoms with Gasteiger partial charge in [0.1, 0.15) is 12.1 Å². The van der Waals surface area contributed by atoms with Gasteiger partial charge < -0.3 is 24.5 Å². The van der Waals surface area contributed by atoms with Gasteiger partial charge in [0.25, 0.3) is 11.8 Å². The molecule has 2 aromatic rings. The number of likely N-dealkylation sites (tertiary alicyclic amines) is 1. The molecule has 0 unspecified atom stereocenters. The molecule has 3 fully saturated rings. The molecule has 4 heterocycles. The number of carbonyl (C=O) groups excluding carboxylic acids is 4. The van der Waals surface area contributed by atoms with Gasteiger partial charge in [0.15, 0.2) is 0 Å². The number of rotatable bonds is 4. The molecule has 0 atom stereocenters. The van der Waals surface area contributed by atoms with Gasteiger partial charge in [0, 0.05) is 51.9 Å². The normalized spacial score (nSPS) is 19.8. The molecule has 0 bridgehead atoms. The van der Waals surface area contributed by atoms with Gasteiger partial charge in [-0.1, -0.05) is 24.3 Å². The summed E-state index contributed by atoms with van der Waals surface area (Å²) in [4.78, 5) is 61.3. The van der Waals surface area contributed by atoms with Crippen molar-refractivity contribution < 1.29 is 19.2 Å². The zero-order valence-corrected chi connectivity index (χ0v) is 21.3. The van der Waals surface area contributed by atoms with E-state index >= 15 is 0 Å². The lowest BCUT2D eigenvalue weighted by atomic mass is 9.85. The molecule has 0 aliphatic carbocycles. The van der Waals surface area contributed by atoms with Crippen LogP contribution in [-0.2, 0) is 14.4 Å². The molecule has 0 N–H and O–H groups in total. The zero-order chi connectivity index (χ0) is 25.3. The van der Waals surface area contributed by atoms with Gasteiger partial charge >= 0.3 is 0 Å². The maximum atomic E-state index is 13.9. The molecule has 3 saturated heterocycles. The van der Waals surface area contributed by atoms with Gasteiger partial charge in [-0.05, 0) is 36.4 Å². The molecule has 4 amide bonds. The Bertz CT molecular complexity index is 1120. The summed E-state index contributed by atoms with van der Waals surface area (Å²) in [7, 11) is 0. The molecule has 190 valence electrons. The number of benzene rings is 1. The SMILES string of the molecule is CC(=O)N1CCN(C(=O)CN2CN(c3ccccc3)C3(CCN(C(=O)c4cccs4)CC3)C2=O)CC1. The van der Waals surface area contributed by atoms with Crippen molar-refractivity contribution in [3.05, 3.63) is 52.7 Å². The number of para-hydroxylation sites is 1. The number of thiophene rings is 1. The molecule has 0 saturated carbocycles. The van der Waals surface area contributed by atoms with Crippen LogP contribution in [0.4, 0.5) is 5.69 Å². The van der Waals surface area contributed by atoms with Crippen LogP contribution < -0.4 is 4.90 Å². The van der Waals surface area contributed by atoms with Crippen LogP contribution in [0, 0.1) is 0 Å². The first-order valence-corrected chi connectivity index (χ1v) is 13.3. The second-order valence-electron chi connectivity index (χ2n) is 9.60. The number of hydrogen-bond acceptors (Lipinski definition) is 6. The van der Waals surface area contributed by atoms with Crippen LogP contribution in [0.1, 0.15) is 29.4 Å². The Balaban J connectivity index is 1.31. The van der Waals surface area contributed by atoms with Gasteiger partial charge in [0.2, 0.25) is 11.8 Å². The second-order valence-corrected chi connectivity index (χ2v) is 10.5. The van der Waals surface area contributed by atoms with Crippen molar-refractivity contribution >= 4 is 40.7 Å². The predicted octanol–water partition coefficient (Wildman–Crippen LogP) is 1.72. The van der Waals surface area contributed by atoms with Crippen molar-refractivity contribution in [2.45, 2.75) is 25.3 Å². The van der Waals surface area contributed by atoms with Crippen molar-refractivity contribution in [2.75, 3.05) is 57.4 Å². The minimum absolute atomic E-state index is 0.00768. The van der Waals surface area contributed by atoms with Crippen LogP contribution >= 0.6 is 11.3 Å². The lowest BCUT2D eigenvalue weighted by Crippen LogP contribution is -2.57. The van der Waals surface area contributed by atoms with Gasteiger partial charge in [-0.25, -0.2) is 0 Å². The van der Waals surface area contributed by atoms with Crippen molar-refractivity contribution in [3.8, 4) is 0 Å². The van der Waals surface area contributed by atoms with E-state index in [1.165, 1.54) is 18.3 Å². The van der Waals surface area contributed by atoms with E-state index in [9.17, 15) is 19.2 Å². The summed E-state index contributed by atoms with van der Waals surface area (Å²) in [6.07, 6.45) is 1.03. The molecular weight excluding hydrogens is 478 g/mol. The van der Waals surface area contributed by atoms with Gasteiger partial charge in [-0.15, -0.1) is 11.3 Å². The number of piperidine rings is 1. The highest BCUT2D eigenvalue weighted by Crippen LogP contribution is 2.39. The molecule has 3 aliphatic rings. The molecule has 1 aromatic carbocycles. The van der Waals surface area contributed by atoms with Gasteiger partial charge in [0.05, 0.1) is 11.5 Å². The van der Waals surface area contributed by atoms with Crippen LogP contribution in [-0.4, -0.2) is 101 Å². The summed E-state index contributed by atoms with van der Waals surface area (Å²) in [5.74, 6) is -0.123. The maximum Gasteiger partial charge on any atom is 0.263 e. The zero-order valence-electron chi connectivity index (χ0n) is 20.5. The van der Waals surface area contributed by atoms with Crippen molar-refractivity contribution in [1.29, 1.82) is 0 Å². The second kappa shape index (κ2) is 9.93. The Hall–Kier alpha value is -3.40. The summed E-state index contributed by atoms with van der Waals surface area (Å²) in [6.45, 7) is 4.86. The largest absolute Gasteiger partial charge is 0.339 e. The van der Waals surface area contributed by atoms with E-state index in [-0.39, 0.29) is 30.2 Å². The molecule has 1 spiro atoms. The molecule has 5 rings (SSSR count). The molecule has 0 radical (unpaired) electrons. The summed E-state index contributed by atoms with van der Waals surface area (Å²) in [6, 6.07) is 13.5. The summed E-state index contributed by atoms with van der Waals surface area (Å²) >= 11 is 1.43. The van der Waals surface area contributed by atoms with Crippen LogP contribution in [0.25, 0.3) is 0 Å². The smallest absolute Gasteiger partial charge is 0.263 e. The Labute approximate surface area is 214 Å². The fourth-order valence-electron chi connectivity index (χ4n) is 5.49. The van der Waals surface area contributed by atoms with E-state index in [2.05, 4.69) is 4.90 Å². The summed E-state index contributed by atoms with van der Waals surface area (Å²) in [5.41, 5.74) is 0.162. The highest BCUT2D eigenvalue weighted by molar-refractivity contribution is 7.12. The first-order chi connectivity index (χ1) is 17.4. The quantitative estimate of drug-likeness (QED) is 0.627. The van der Waals surface area contributed by atoms with E-state index in [4.69, 9.17) is 0 Å². The number of hydrogen-bond donors (Lipinski definition) is 0. The van der Waals surface area contributed by atoms with Gasteiger partial charge in [-0.3, -0.25) is 19.2 Å². The Morgan fingerprint density at radius 3 is 2.14 bits per heavy atom.